The first-order valence-corrected chi connectivity index (χ1v) is 9.09. The molecule has 0 radical (unpaired) electrons. The van der Waals surface area contributed by atoms with Crippen LogP contribution in [0, 0.1) is 0 Å². The highest BCUT2D eigenvalue weighted by atomic mass is 16.2. The van der Waals surface area contributed by atoms with E-state index in [9.17, 15) is 9.59 Å². The van der Waals surface area contributed by atoms with E-state index in [-0.39, 0.29) is 17.2 Å². The molecule has 1 amide bonds. The van der Waals surface area contributed by atoms with E-state index >= 15 is 0 Å². The lowest BCUT2D eigenvalue weighted by Crippen LogP contribution is -2.26. The lowest BCUT2D eigenvalue weighted by atomic mass is 10.1. The molecule has 7 heteroatoms. The number of fused-ring (bicyclic) bond motifs is 1. The third-order valence-corrected chi connectivity index (χ3v) is 4.35. The van der Waals surface area contributed by atoms with Crippen LogP contribution < -0.4 is 10.9 Å². The summed E-state index contributed by atoms with van der Waals surface area (Å²) in [5.74, 6) is 0.287. The molecule has 0 aliphatic rings. The second-order valence-corrected chi connectivity index (χ2v) is 6.38. The van der Waals surface area contributed by atoms with Crippen LogP contribution >= 0.6 is 0 Å². The number of H-pyrrole nitrogens is 1. The molecule has 0 saturated carbocycles. The van der Waals surface area contributed by atoms with Gasteiger partial charge in [0.15, 0.2) is 0 Å². The molecule has 2 aromatic carbocycles. The van der Waals surface area contributed by atoms with Crippen molar-refractivity contribution < 1.29 is 4.79 Å². The number of aromatic nitrogens is 4. The Labute approximate surface area is 161 Å². The number of nitrogens with zero attached hydrogens (tertiary/aromatic N) is 3. The fourth-order valence-electron chi connectivity index (χ4n) is 3.01. The van der Waals surface area contributed by atoms with Gasteiger partial charge in [0.1, 0.15) is 11.5 Å². The number of carbonyl (C=O) groups is 1. The van der Waals surface area contributed by atoms with E-state index in [1.807, 2.05) is 55.5 Å². The third kappa shape index (κ3) is 3.42. The normalized spacial score (nSPS) is 10.9. The minimum Gasteiger partial charge on any atom is -0.338 e. The van der Waals surface area contributed by atoms with Gasteiger partial charge in [0.05, 0.1) is 16.7 Å². The van der Waals surface area contributed by atoms with Crippen LogP contribution in [-0.4, -0.2) is 25.7 Å². The molecule has 0 saturated heterocycles. The Morgan fingerprint density at radius 3 is 2.68 bits per heavy atom. The molecule has 7 nitrogen and oxygen atoms in total. The van der Waals surface area contributed by atoms with E-state index in [1.54, 1.807) is 0 Å². The molecular weight excluding hydrogens is 354 g/mol. The first-order valence-electron chi connectivity index (χ1n) is 9.09. The van der Waals surface area contributed by atoms with Gasteiger partial charge in [-0.1, -0.05) is 31.2 Å². The third-order valence-electron chi connectivity index (χ3n) is 4.35. The van der Waals surface area contributed by atoms with Crippen LogP contribution in [0.1, 0.15) is 23.8 Å². The Morgan fingerprint density at radius 2 is 1.86 bits per heavy atom. The predicted molar refractivity (Wildman–Crippen MR) is 108 cm³/mol. The van der Waals surface area contributed by atoms with Gasteiger partial charge in [-0.25, -0.2) is 9.67 Å². The predicted octanol–water partition coefficient (Wildman–Crippen LogP) is 3.45. The van der Waals surface area contributed by atoms with Gasteiger partial charge in [-0.15, -0.1) is 0 Å². The molecule has 4 aromatic rings. The quantitative estimate of drug-likeness (QED) is 0.560. The van der Waals surface area contributed by atoms with Crippen molar-refractivity contribution in [3.63, 3.8) is 0 Å². The molecule has 28 heavy (non-hydrogen) atoms. The number of amides is 1. The van der Waals surface area contributed by atoms with Crippen LogP contribution in [0.4, 0.5) is 5.69 Å². The van der Waals surface area contributed by atoms with Crippen LogP contribution in [0.3, 0.4) is 0 Å². The molecule has 2 N–H and O–H groups in total. The number of aryl methyl sites for hydroxylation is 1. The smallest absolute Gasteiger partial charge is 0.276 e. The second-order valence-electron chi connectivity index (χ2n) is 6.38. The van der Waals surface area contributed by atoms with Crippen molar-refractivity contribution in [1.82, 2.24) is 19.7 Å². The van der Waals surface area contributed by atoms with Crippen molar-refractivity contribution in [2.75, 3.05) is 5.32 Å². The van der Waals surface area contributed by atoms with Crippen LogP contribution in [0.5, 0.6) is 0 Å². The summed E-state index contributed by atoms with van der Waals surface area (Å²) in [7, 11) is 0. The molecule has 0 spiro atoms. The molecule has 0 unspecified atom stereocenters. The van der Waals surface area contributed by atoms with E-state index < -0.39 is 0 Å². The number of hydrogen-bond acceptors (Lipinski definition) is 4. The van der Waals surface area contributed by atoms with E-state index in [0.717, 1.165) is 23.0 Å². The molecule has 0 atom stereocenters. The fourth-order valence-corrected chi connectivity index (χ4v) is 3.01. The molecule has 140 valence electrons. The lowest BCUT2D eigenvalue weighted by molar-refractivity contribution is 0.102. The van der Waals surface area contributed by atoms with E-state index in [1.165, 1.54) is 16.8 Å². The van der Waals surface area contributed by atoms with Gasteiger partial charge in [0.25, 0.3) is 11.5 Å². The molecule has 4 rings (SSSR count). The highest BCUT2D eigenvalue weighted by Gasteiger charge is 2.14. The minimum absolute atomic E-state index is 0.187. The summed E-state index contributed by atoms with van der Waals surface area (Å²) in [5.41, 5.74) is 3.13. The number of hydrogen-bond donors (Lipinski definition) is 2. The number of rotatable bonds is 5. The minimum atomic E-state index is -0.381. The summed E-state index contributed by atoms with van der Waals surface area (Å²) in [6.45, 7) is 2.42. The average Bonchev–Trinajstić information content (AvgIpc) is 3.14. The van der Waals surface area contributed by atoms with Crippen molar-refractivity contribution in [3.8, 4) is 11.4 Å². The number of nitrogens with one attached hydrogen (secondary N) is 2. The Bertz CT molecular complexity index is 1180. The highest BCUT2D eigenvalue weighted by molar-refractivity contribution is 6.04. The van der Waals surface area contributed by atoms with Gasteiger partial charge >= 0.3 is 0 Å². The van der Waals surface area contributed by atoms with Crippen molar-refractivity contribution in [3.05, 3.63) is 76.7 Å². The summed E-state index contributed by atoms with van der Waals surface area (Å²) in [5, 5.41) is 7.05. The molecule has 2 aromatic heterocycles. The largest absolute Gasteiger partial charge is 0.338 e. The molecule has 0 aliphatic heterocycles. The molecule has 0 fully saturated rings. The van der Waals surface area contributed by atoms with Crippen molar-refractivity contribution in [2.24, 2.45) is 0 Å². The van der Waals surface area contributed by atoms with E-state index in [4.69, 9.17) is 0 Å². The zero-order chi connectivity index (χ0) is 19.5. The maximum Gasteiger partial charge on any atom is 0.276 e. The first-order chi connectivity index (χ1) is 13.7. The number of para-hydroxylation sites is 3. The Balaban J connectivity index is 1.66. The summed E-state index contributed by atoms with van der Waals surface area (Å²) in [6, 6.07) is 18.0. The first kappa shape index (κ1) is 17.7. The number of aromatic amines is 1. The lowest BCUT2D eigenvalue weighted by Gasteiger charge is -2.10. The Morgan fingerprint density at radius 1 is 1.07 bits per heavy atom. The van der Waals surface area contributed by atoms with Gasteiger partial charge in [-0.05, 0) is 36.8 Å². The second kappa shape index (κ2) is 7.48. The average molecular weight is 373 g/mol. The van der Waals surface area contributed by atoms with Gasteiger partial charge < -0.3 is 10.3 Å². The fraction of sp³-hybridized carbons (Fsp3) is 0.143. The standard InChI is InChI=1S/C21H19N5O2/c1-2-13-26-19(27)12-11-18(25-26)21(28)24-15-8-4-3-7-14(15)20-22-16-9-5-6-10-17(16)23-20/h3-12H,2,13H2,1H3,(H,22,23)(H,24,28). The maximum absolute atomic E-state index is 12.7. The summed E-state index contributed by atoms with van der Waals surface area (Å²) in [4.78, 5) is 32.4. The van der Waals surface area contributed by atoms with E-state index in [0.29, 0.717) is 18.1 Å². The summed E-state index contributed by atoms with van der Waals surface area (Å²) >= 11 is 0. The zero-order valence-corrected chi connectivity index (χ0v) is 15.3. The van der Waals surface area contributed by atoms with Crippen molar-refractivity contribution in [2.45, 2.75) is 19.9 Å². The molecular formula is C21H19N5O2. The van der Waals surface area contributed by atoms with E-state index in [2.05, 4.69) is 20.4 Å². The van der Waals surface area contributed by atoms with Crippen LogP contribution in [0.25, 0.3) is 22.4 Å². The van der Waals surface area contributed by atoms with Crippen molar-refractivity contribution >= 4 is 22.6 Å². The molecule has 0 bridgehead atoms. The Hall–Kier alpha value is -3.74. The summed E-state index contributed by atoms with van der Waals surface area (Å²) in [6.07, 6.45) is 0.757. The van der Waals surface area contributed by atoms with Crippen LogP contribution in [0.15, 0.2) is 65.5 Å². The van der Waals surface area contributed by atoms with Gasteiger partial charge in [-0.3, -0.25) is 9.59 Å². The number of anilines is 1. The topological polar surface area (TPSA) is 92.7 Å². The highest BCUT2D eigenvalue weighted by Crippen LogP contribution is 2.27. The van der Waals surface area contributed by atoms with Gasteiger partial charge in [0.2, 0.25) is 0 Å². The van der Waals surface area contributed by atoms with Crippen LogP contribution in [-0.2, 0) is 6.54 Å². The number of imidazole rings is 1. The maximum atomic E-state index is 12.7. The van der Waals surface area contributed by atoms with Crippen LogP contribution in [0.2, 0.25) is 0 Å². The molecule has 2 heterocycles. The number of benzene rings is 2. The SMILES string of the molecule is CCCn1nc(C(=O)Nc2ccccc2-c2nc3ccccc3[nH]2)ccc1=O. The molecule has 0 aliphatic carbocycles. The zero-order valence-electron chi connectivity index (χ0n) is 15.3. The van der Waals surface area contributed by atoms with Gasteiger partial charge in [-0.2, -0.15) is 5.10 Å². The summed E-state index contributed by atoms with van der Waals surface area (Å²) < 4.78 is 1.31. The van der Waals surface area contributed by atoms with Crippen molar-refractivity contribution in [1.29, 1.82) is 0 Å². The monoisotopic (exact) mass is 373 g/mol. The number of carbonyl (C=O) groups excluding carboxylic acids is 1. The Kier molecular flexibility index (Phi) is 4.72. The van der Waals surface area contributed by atoms with Gasteiger partial charge in [0, 0.05) is 18.2 Å².